The predicted octanol–water partition coefficient (Wildman–Crippen LogP) is 2.07. The maximum absolute atomic E-state index is 6.15. The summed E-state index contributed by atoms with van der Waals surface area (Å²) < 4.78 is 17.1. The minimum absolute atomic E-state index is 0.174. The van der Waals surface area contributed by atoms with Crippen LogP contribution >= 0.6 is 0 Å². The van der Waals surface area contributed by atoms with Gasteiger partial charge in [-0.05, 0) is 44.9 Å². The predicted molar refractivity (Wildman–Crippen MR) is 77.9 cm³/mol. The summed E-state index contributed by atoms with van der Waals surface area (Å²) in [6.45, 7) is 8.93. The van der Waals surface area contributed by atoms with Crippen LogP contribution < -0.4 is 0 Å². The molecular weight excluding hydrogens is 254 g/mol. The fourth-order valence-corrected chi connectivity index (χ4v) is 3.99. The third-order valence-corrected chi connectivity index (χ3v) is 5.16. The topological polar surface area (TPSA) is 30.9 Å². The van der Waals surface area contributed by atoms with Gasteiger partial charge in [0.2, 0.25) is 0 Å². The van der Waals surface area contributed by atoms with Gasteiger partial charge in [-0.3, -0.25) is 4.90 Å². The molecule has 3 heterocycles. The van der Waals surface area contributed by atoms with E-state index in [1.54, 1.807) is 0 Å². The maximum Gasteiger partial charge on any atom is 0.0937 e. The zero-order valence-electron chi connectivity index (χ0n) is 12.8. The van der Waals surface area contributed by atoms with E-state index < -0.39 is 0 Å². The molecule has 3 fully saturated rings. The second kappa shape index (κ2) is 6.73. The van der Waals surface area contributed by atoms with Crippen molar-refractivity contribution >= 4 is 0 Å². The highest BCUT2D eigenvalue weighted by atomic mass is 16.5. The van der Waals surface area contributed by atoms with Gasteiger partial charge in [0.1, 0.15) is 0 Å². The monoisotopic (exact) mass is 283 g/mol. The summed E-state index contributed by atoms with van der Waals surface area (Å²) in [7, 11) is 0. The van der Waals surface area contributed by atoms with Crippen molar-refractivity contribution in [2.24, 2.45) is 5.92 Å². The Labute approximate surface area is 122 Å². The molecule has 4 nitrogen and oxygen atoms in total. The van der Waals surface area contributed by atoms with Gasteiger partial charge < -0.3 is 14.2 Å². The first-order valence-electron chi connectivity index (χ1n) is 8.35. The third-order valence-electron chi connectivity index (χ3n) is 5.16. The van der Waals surface area contributed by atoms with Crippen molar-refractivity contribution in [3.05, 3.63) is 0 Å². The van der Waals surface area contributed by atoms with Crippen molar-refractivity contribution in [1.82, 2.24) is 4.90 Å². The Hall–Kier alpha value is -0.160. The van der Waals surface area contributed by atoms with E-state index in [2.05, 4.69) is 11.8 Å². The van der Waals surface area contributed by atoms with E-state index in [4.69, 9.17) is 14.2 Å². The van der Waals surface area contributed by atoms with E-state index >= 15 is 0 Å². The summed E-state index contributed by atoms with van der Waals surface area (Å²) >= 11 is 0. The Bertz CT molecular complexity index is 298. The summed E-state index contributed by atoms with van der Waals surface area (Å²) in [6.07, 6.45) is 6.05. The van der Waals surface area contributed by atoms with E-state index in [0.717, 1.165) is 58.1 Å². The first-order valence-corrected chi connectivity index (χ1v) is 8.35. The summed E-state index contributed by atoms with van der Waals surface area (Å²) in [5, 5.41) is 0. The molecular formula is C16H29NO3. The number of nitrogens with zero attached hydrogens (tertiary/aromatic N) is 1. The summed E-state index contributed by atoms with van der Waals surface area (Å²) in [6, 6.07) is 0.738. The van der Waals surface area contributed by atoms with E-state index in [1.807, 2.05) is 0 Å². The van der Waals surface area contributed by atoms with Crippen molar-refractivity contribution in [1.29, 1.82) is 0 Å². The van der Waals surface area contributed by atoms with Gasteiger partial charge >= 0.3 is 0 Å². The number of ether oxygens (including phenoxy) is 3. The van der Waals surface area contributed by atoms with Crippen LogP contribution in [0.5, 0.6) is 0 Å². The Morgan fingerprint density at radius 3 is 2.70 bits per heavy atom. The molecule has 3 rings (SSSR count). The fourth-order valence-electron chi connectivity index (χ4n) is 3.99. The minimum atomic E-state index is 0.174. The van der Waals surface area contributed by atoms with Crippen LogP contribution in [0.15, 0.2) is 0 Å². The molecule has 3 aliphatic rings. The molecule has 0 unspecified atom stereocenters. The van der Waals surface area contributed by atoms with Gasteiger partial charge in [0.25, 0.3) is 0 Å². The largest absolute Gasteiger partial charge is 0.382 e. The fraction of sp³-hybridized carbons (Fsp3) is 1.00. The first kappa shape index (κ1) is 14.8. The van der Waals surface area contributed by atoms with E-state index in [9.17, 15) is 0 Å². The van der Waals surface area contributed by atoms with Crippen LogP contribution in [0.4, 0.5) is 0 Å². The van der Waals surface area contributed by atoms with Crippen LogP contribution in [0, 0.1) is 5.92 Å². The third kappa shape index (κ3) is 3.35. The van der Waals surface area contributed by atoms with Crippen molar-refractivity contribution in [3.8, 4) is 0 Å². The number of hydrogen-bond donors (Lipinski definition) is 0. The van der Waals surface area contributed by atoms with Crippen molar-refractivity contribution in [2.75, 3.05) is 46.1 Å². The van der Waals surface area contributed by atoms with Crippen LogP contribution in [0.2, 0.25) is 0 Å². The highest BCUT2D eigenvalue weighted by molar-refractivity contribution is 5.02. The van der Waals surface area contributed by atoms with Crippen LogP contribution in [-0.2, 0) is 14.2 Å². The lowest BCUT2D eigenvalue weighted by Crippen LogP contribution is -2.68. The number of likely N-dealkylation sites (tertiary alicyclic amines) is 1. The Morgan fingerprint density at radius 1 is 1.15 bits per heavy atom. The van der Waals surface area contributed by atoms with Gasteiger partial charge in [-0.15, -0.1) is 0 Å². The molecule has 0 amide bonds. The van der Waals surface area contributed by atoms with Crippen LogP contribution in [0.25, 0.3) is 0 Å². The highest BCUT2D eigenvalue weighted by Crippen LogP contribution is 2.40. The molecule has 0 aromatic rings. The van der Waals surface area contributed by atoms with Crippen LogP contribution in [0.1, 0.15) is 39.0 Å². The molecule has 0 bridgehead atoms. The second-order valence-electron chi connectivity index (χ2n) is 6.62. The van der Waals surface area contributed by atoms with Gasteiger partial charge in [-0.25, -0.2) is 0 Å². The Balaban J connectivity index is 1.43. The van der Waals surface area contributed by atoms with Gasteiger partial charge in [0.05, 0.1) is 5.60 Å². The molecule has 0 N–H and O–H groups in total. The molecule has 3 aliphatic heterocycles. The molecule has 3 saturated heterocycles. The van der Waals surface area contributed by atoms with Gasteiger partial charge in [0.15, 0.2) is 0 Å². The smallest absolute Gasteiger partial charge is 0.0937 e. The van der Waals surface area contributed by atoms with Gasteiger partial charge in [-0.1, -0.05) is 0 Å². The Morgan fingerprint density at radius 2 is 1.95 bits per heavy atom. The molecule has 116 valence electrons. The molecule has 0 radical (unpaired) electrons. The van der Waals surface area contributed by atoms with Crippen molar-refractivity contribution in [2.45, 2.75) is 50.7 Å². The van der Waals surface area contributed by atoms with Crippen LogP contribution in [-0.4, -0.2) is 62.7 Å². The average molecular weight is 283 g/mol. The quantitative estimate of drug-likeness (QED) is 0.723. The molecule has 0 aromatic carbocycles. The summed E-state index contributed by atoms with van der Waals surface area (Å²) in [5.41, 5.74) is 0.174. The molecule has 1 atom stereocenters. The minimum Gasteiger partial charge on any atom is -0.382 e. The molecule has 0 aliphatic carbocycles. The van der Waals surface area contributed by atoms with Gasteiger partial charge in [0, 0.05) is 52.2 Å². The lowest BCUT2D eigenvalue weighted by molar-refractivity contribution is -0.195. The normalized spacial score (nSPS) is 31.4. The standard InChI is InChI=1S/C16H29NO3/c1-2-18-7-3-14-4-10-20-16(11-14)12-17(13-16)15-5-8-19-9-6-15/h14-15H,2-13H2,1H3/t14-/m1/s1. The molecule has 4 heteroatoms. The summed E-state index contributed by atoms with van der Waals surface area (Å²) in [4.78, 5) is 2.62. The van der Waals surface area contributed by atoms with E-state index in [1.165, 1.54) is 32.1 Å². The van der Waals surface area contributed by atoms with E-state index in [0.29, 0.717) is 0 Å². The maximum atomic E-state index is 6.15. The Kier molecular flexibility index (Phi) is 4.97. The van der Waals surface area contributed by atoms with E-state index in [-0.39, 0.29) is 5.60 Å². The zero-order valence-corrected chi connectivity index (χ0v) is 12.8. The molecule has 0 aromatic heterocycles. The highest BCUT2D eigenvalue weighted by Gasteiger charge is 2.49. The first-order chi connectivity index (χ1) is 9.81. The summed E-state index contributed by atoms with van der Waals surface area (Å²) in [5.74, 6) is 0.798. The number of rotatable bonds is 5. The van der Waals surface area contributed by atoms with Crippen molar-refractivity contribution < 1.29 is 14.2 Å². The average Bonchev–Trinajstić information content (AvgIpc) is 2.46. The van der Waals surface area contributed by atoms with Crippen LogP contribution in [0.3, 0.4) is 0 Å². The van der Waals surface area contributed by atoms with Gasteiger partial charge in [-0.2, -0.15) is 0 Å². The van der Waals surface area contributed by atoms with Crippen molar-refractivity contribution in [3.63, 3.8) is 0 Å². The lowest BCUT2D eigenvalue weighted by Gasteiger charge is -2.56. The zero-order chi connectivity index (χ0) is 13.8. The molecule has 20 heavy (non-hydrogen) atoms. The molecule has 0 saturated carbocycles. The number of hydrogen-bond acceptors (Lipinski definition) is 4. The SMILES string of the molecule is CCOCC[C@@H]1CCOC2(C1)CN(C1CCOCC1)C2. The second-order valence-corrected chi connectivity index (χ2v) is 6.62. The molecule has 1 spiro atoms. The lowest BCUT2D eigenvalue weighted by atomic mass is 9.78.